The van der Waals surface area contributed by atoms with Crippen molar-refractivity contribution in [3.63, 3.8) is 0 Å². The highest BCUT2D eigenvalue weighted by atomic mass is 35.5. The Kier molecular flexibility index (Phi) is 11.8. The van der Waals surface area contributed by atoms with E-state index < -0.39 is 23.8 Å². The number of amides is 3. The fraction of sp³-hybridized carbons (Fsp3) is 0.464. The number of anilines is 1. The van der Waals surface area contributed by atoms with Crippen molar-refractivity contribution in [1.82, 2.24) is 10.2 Å². The number of ether oxygens (including phenoxy) is 1. The minimum atomic E-state index is -0.929. The summed E-state index contributed by atoms with van der Waals surface area (Å²) in [5.74, 6) is -0.0839. The highest BCUT2D eigenvalue weighted by molar-refractivity contribution is 7.98. The van der Waals surface area contributed by atoms with Gasteiger partial charge in [0.2, 0.25) is 5.91 Å². The third-order valence-corrected chi connectivity index (χ3v) is 6.45. The molecule has 0 radical (unpaired) electrons. The van der Waals surface area contributed by atoms with Crippen LogP contribution in [0.15, 0.2) is 48.5 Å². The molecule has 0 aliphatic heterocycles. The zero-order chi connectivity index (χ0) is 27.6. The second-order valence-corrected chi connectivity index (χ2v) is 11.1. The van der Waals surface area contributed by atoms with Crippen molar-refractivity contribution in [3.8, 4) is 0 Å². The number of carbonyl (C=O) groups excluding carboxylic acids is 3. The summed E-state index contributed by atoms with van der Waals surface area (Å²) in [5.41, 5.74) is 1.27. The molecule has 9 heteroatoms. The molecule has 2 rings (SSSR count). The smallest absolute Gasteiger partial charge is 0.408 e. The molecule has 202 valence electrons. The summed E-state index contributed by atoms with van der Waals surface area (Å²) < 4.78 is 5.41. The van der Waals surface area contributed by atoms with Crippen LogP contribution in [-0.2, 0) is 14.3 Å². The first-order valence-electron chi connectivity index (χ1n) is 12.4. The van der Waals surface area contributed by atoms with Crippen LogP contribution in [0.2, 0.25) is 5.02 Å². The minimum absolute atomic E-state index is 0.319. The first kappa shape index (κ1) is 30.5. The molecular formula is C28H38ClN3O4S. The number of carbonyl (C=O) groups is 3. The van der Waals surface area contributed by atoms with Crippen molar-refractivity contribution in [2.24, 2.45) is 0 Å². The summed E-state index contributed by atoms with van der Waals surface area (Å²) in [7, 11) is 0. The van der Waals surface area contributed by atoms with Gasteiger partial charge >= 0.3 is 6.09 Å². The van der Waals surface area contributed by atoms with Gasteiger partial charge in [0.25, 0.3) is 5.91 Å². The Bertz CT molecular complexity index is 1040. The normalized spacial score (nSPS) is 12.8. The standard InChI is InChI=1S/C28H38ClN3O4S/c1-7-17-32(26(34)22(16-18-37-6)30-27(35)36-28(3,4)5)24(20-13-9-8-10-14-20)25(33)31-23-19(2)12-11-15-21(23)29/h8-15,22,24H,7,16-18H2,1-6H3,(H,30,35)(H,31,33). The Morgan fingerprint density at radius 3 is 2.32 bits per heavy atom. The fourth-order valence-corrected chi connectivity index (χ4v) is 4.58. The molecule has 0 bridgehead atoms. The molecule has 2 atom stereocenters. The molecule has 0 spiro atoms. The van der Waals surface area contributed by atoms with E-state index in [0.717, 1.165) is 5.56 Å². The van der Waals surface area contributed by atoms with Gasteiger partial charge in [0.15, 0.2) is 0 Å². The lowest BCUT2D eigenvalue weighted by atomic mass is 10.0. The summed E-state index contributed by atoms with van der Waals surface area (Å²) in [5, 5.41) is 6.10. The Labute approximate surface area is 229 Å². The van der Waals surface area contributed by atoms with E-state index in [9.17, 15) is 14.4 Å². The zero-order valence-electron chi connectivity index (χ0n) is 22.5. The average molecular weight is 548 g/mol. The number of alkyl carbamates (subject to hydrolysis) is 1. The molecule has 0 saturated carbocycles. The Balaban J connectivity index is 2.47. The van der Waals surface area contributed by atoms with Crippen LogP contribution in [0, 0.1) is 6.92 Å². The number of thioether (sulfide) groups is 1. The molecule has 0 aliphatic rings. The Hall–Kier alpha value is -2.71. The number of hydrogen-bond acceptors (Lipinski definition) is 5. The van der Waals surface area contributed by atoms with Crippen LogP contribution < -0.4 is 10.6 Å². The fourth-order valence-electron chi connectivity index (χ4n) is 3.84. The van der Waals surface area contributed by atoms with Crippen LogP contribution in [0.3, 0.4) is 0 Å². The maximum atomic E-state index is 14.0. The second-order valence-electron chi connectivity index (χ2n) is 9.75. The van der Waals surface area contributed by atoms with E-state index in [1.807, 2.05) is 62.6 Å². The first-order chi connectivity index (χ1) is 17.5. The summed E-state index contributed by atoms with van der Waals surface area (Å²) in [6.07, 6.45) is 2.28. The van der Waals surface area contributed by atoms with Gasteiger partial charge in [-0.1, -0.05) is 61.0 Å². The van der Waals surface area contributed by atoms with Crippen LogP contribution in [0.25, 0.3) is 0 Å². The van der Waals surface area contributed by atoms with Gasteiger partial charge in [0, 0.05) is 6.54 Å². The van der Waals surface area contributed by atoms with E-state index in [1.165, 1.54) is 0 Å². The van der Waals surface area contributed by atoms with Crippen molar-refractivity contribution >= 4 is 47.0 Å². The molecule has 37 heavy (non-hydrogen) atoms. The van der Waals surface area contributed by atoms with Gasteiger partial charge in [-0.25, -0.2) is 4.79 Å². The summed E-state index contributed by atoms with van der Waals surface area (Å²) in [6.45, 7) is 9.41. The third kappa shape index (κ3) is 9.27. The second kappa shape index (κ2) is 14.3. The van der Waals surface area contributed by atoms with Gasteiger partial charge in [0.1, 0.15) is 17.7 Å². The van der Waals surface area contributed by atoms with Gasteiger partial charge in [-0.2, -0.15) is 11.8 Å². The molecule has 2 aromatic carbocycles. The molecule has 0 fully saturated rings. The molecular weight excluding hydrogens is 510 g/mol. The third-order valence-electron chi connectivity index (χ3n) is 5.49. The van der Waals surface area contributed by atoms with Gasteiger partial charge in [-0.15, -0.1) is 0 Å². The molecule has 2 aromatic rings. The van der Waals surface area contributed by atoms with Crippen molar-refractivity contribution < 1.29 is 19.1 Å². The number of para-hydroxylation sites is 1. The van der Waals surface area contributed by atoms with Crippen LogP contribution in [0.1, 0.15) is 57.7 Å². The van der Waals surface area contributed by atoms with Gasteiger partial charge in [-0.05, 0) is 69.7 Å². The molecule has 0 saturated heterocycles. The van der Waals surface area contributed by atoms with Crippen molar-refractivity contribution in [3.05, 3.63) is 64.7 Å². The largest absolute Gasteiger partial charge is 0.444 e. The van der Waals surface area contributed by atoms with Gasteiger partial charge in [0.05, 0.1) is 10.7 Å². The van der Waals surface area contributed by atoms with Crippen LogP contribution in [0.4, 0.5) is 10.5 Å². The van der Waals surface area contributed by atoms with E-state index in [4.69, 9.17) is 16.3 Å². The highest BCUT2D eigenvalue weighted by Crippen LogP contribution is 2.29. The maximum absolute atomic E-state index is 14.0. The van der Waals surface area contributed by atoms with E-state index in [-0.39, 0.29) is 11.8 Å². The first-order valence-corrected chi connectivity index (χ1v) is 14.2. The summed E-state index contributed by atoms with van der Waals surface area (Å²) >= 11 is 7.96. The summed E-state index contributed by atoms with van der Waals surface area (Å²) in [6, 6.07) is 12.7. The maximum Gasteiger partial charge on any atom is 0.408 e. The van der Waals surface area contributed by atoms with E-state index >= 15 is 0 Å². The lowest BCUT2D eigenvalue weighted by molar-refractivity contribution is -0.140. The quantitative estimate of drug-likeness (QED) is 0.349. The predicted molar refractivity (Wildman–Crippen MR) is 152 cm³/mol. The van der Waals surface area contributed by atoms with E-state index in [2.05, 4.69) is 10.6 Å². The molecule has 2 N–H and O–H groups in total. The SMILES string of the molecule is CCCN(C(=O)C(CCSC)NC(=O)OC(C)(C)C)C(C(=O)Nc1c(C)cccc1Cl)c1ccccc1. The molecule has 7 nitrogen and oxygen atoms in total. The van der Waals surface area contributed by atoms with Crippen molar-refractivity contribution in [2.75, 3.05) is 23.9 Å². The molecule has 0 heterocycles. The highest BCUT2D eigenvalue weighted by Gasteiger charge is 2.36. The average Bonchev–Trinajstić information content (AvgIpc) is 2.83. The number of nitrogens with one attached hydrogen (secondary N) is 2. The van der Waals surface area contributed by atoms with Gasteiger partial charge < -0.3 is 20.3 Å². The summed E-state index contributed by atoms with van der Waals surface area (Å²) in [4.78, 5) is 41.9. The molecule has 0 aromatic heterocycles. The van der Waals surface area contributed by atoms with Crippen molar-refractivity contribution in [1.29, 1.82) is 0 Å². The predicted octanol–water partition coefficient (Wildman–Crippen LogP) is 6.21. The number of halogens is 1. The zero-order valence-corrected chi connectivity index (χ0v) is 24.0. The number of hydrogen-bond donors (Lipinski definition) is 2. The monoisotopic (exact) mass is 547 g/mol. The number of benzene rings is 2. The van der Waals surface area contributed by atoms with E-state index in [1.54, 1.807) is 43.5 Å². The number of rotatable bonds is 11. The van der Waals surface area contributed by atoms with Crippen LogP contribution >= 0.6 is 23.4 Å². The Morgan fingerprint density at radius 2 is 1.76 bits per heavy atom. The number of aryl methyl sites for hydroxylation is 1. The van der Waals surface area contributed by atoms with Gasteiger partial charge in [-0.3, -0.25) is 9.59 Å². The van der Waals surface area contributed by atoms with Crippen molar-refractivity contribution in [2.45, 2.75) is 65.1 Å². The molecule has 0 aliphatic carbocycles. The minimum Gasteiger partial charge on any atom is -0.444 e. The molecule has 2 unspecified atom stereocenters. The lowest BCUT2D eigenvalue weighted by Gasteiger charge is -2.34. The van der Waals surface area contributed by atoms with Crippen LogP contribution in [-0.4, -0.2) is 53.0 Å². The molecule has 3 amide bonds. The topological polar surface area (TPSA) is 87.7 Å². The lowest BCUT2D eigenvalue weighted by Crippen LogP contribution is -2.52. The van der Waals surface area contributed by atoms with Crippen LogP contribution in [0.5, 0.6) is 0 Å². The number of nitrogens with zero attached hydrogens (tertiary/aromatic N) is 1. The Morgan fingerprint density at radius 1 is 1.08 bits per heavy atom. The van der Waals surface area contributed by atoms with E-state index in [0.29, 0.717) is 41.4 Å².